The summed E-state index contributed by atoms with van der Waals surface area (Å²) in [5.41, 5.74) is -0.715. The maximum atomic E-state index is 13.0. The third-order valence-corrected chi connectivity index (χ3v) is 7.78. The first kappa shape index (κ1) is 23.2. The smallest absolute Gasteiger partial charge is 0.330 e. The number of nitrogens with one attached hydrogen (secondary N) is 1. The van der Waals surface area contributed by atoms with Crippen molar-refractivity contribution in [2.45, 2.75) is 55.9 Å². The van der Waals surface area contributed by atoms with Crippen molar-refractivity contribution in [2.75, 3.05) is 13.6 Å². The molecule has 1 aliphatic rings. The Morgan fingerprint density at radius 1 is 1.06 bits per heavy atom. The summed E-state index contributed by atoms with van der Waals surface area (Å²) >= 11 is 0. The van der Waals surface area contributed by atoms with Gasteiger partial charge in [0.05, 0.1) is 22.3 Å². The quantitative estimate of drug-likeness (QED) is 0.733. The summed E-state index contributed by atoms with van der Waals surface area (Å²) in [6, 6.07) is 4.12. The molecule has 0 unspecified atom stereocenters. The number of carbonyl (C=O) groups is 1. The third kappa shape index (κ3) is 4.90. The molecule has 0 atom stereocenters. The fraction of sp³-hybridized carbons (Fsp3) is 0.571. The van der Waals surface area contributed by atoms with E-state index in [1.165, 1.54) is 50.3 Å². The number of benzene rings is 1. The van der Waals surface area contributed by atoms with Crippen LogP contribution in [-0.2, 0) is 28.9 Å². The summed E-state index contributed by atoms with van der Waals surface area (Å²) in [7, 11) is 0.211. The van der Waals surface area contributed by atoms with Crippen LogP contribution in [0.5, 0.6) is 0 Å². The van der Waals surface area contributed by atoms with Gasteiger partial charge in [0, 0.05) is 27.2 Å². The fourth-order valence-corrected chi connectivity index (χ4v) is 5.23. The van der Waals surface area contributed by atoms with E-state index in [9.17, 15) is 22.8 Å². The van der Waals surface area contributed by atoms with Gasteiger partial charge in [0.25, 0.3) is 5.56 Å². The standard InChI is InChI=1S/C21H30N4O5S/c1-23(14-19(26)22-15-9-7-5-4-6-8-10-15)31(29,30)16-11-12-18-17(13-16)20(27)25(3)21(28)24(18)2/h11-13,15H,4-10,14H2,1-3H3,(H,22,26). The van der Waals surface area contributed by atoms with Gasteiger partial charge in [-0.15, -0.1) is 0 Å². The number of hydrogen-bond donors (Lipinski definition) is 1. The van der Waals surface area contributed by atoms with Crippen molar-refractivity contribution >= 4 is 26.8 Å². The molecule has 1 heterocycles. The van der Waals surface area contributed by atoms with Crippen molar-refractivity contribution in [3.05, 3.63) is 39.0 Å². The second-order valence-electron chi connectivity index (χ2n) is 8.26. The summed E-state index contributed by atoms with van der Waals surface area (Å²) < 4.78 is 29.3. The first-order chi connectivity index (χ1) is 14.6. The maximum absolute atomic E-state index is 13.0. The van der Waals surface area contributed by atoms with E-state index >= 15 is 0 Å². The SMILES string of the molecule is CN(CC(=O)NC1CCCCCCC1)S(=O)(=O)c1ccc2c(c1)c(=O)n(C)c(=O)n2C. The van der Waals surface area contributed by atoms with Gasteiger partial charge in [-0.25, -0.2) is 13.2 Å². The largest absolute Gasteiger partial charge is 0.352 e. The first-order valence-corrected chi connectivity index (χ1v) is 12.0. The van der Waals surface area contributed by atoms with Crippen molar-refractivity contribution in [1.29, 1.82) is 0 Å². The van der Waals surface area contributed by atoms with Crippen molar-refractivity contribution < 1.29 is 13.2 Å². The van der Waals surface area contributed by atoms with Gasteiger partial charge in [0.2, 0.25) is 15.9 Å². The van der Waals surface area contributed by atoms with Crippen molar-refractivity contribution in [3.8, 4) is 0 Å². The lowest BCUT2D eigenvalue weighted by atomic mass is 9.97. The van der Waals surface area contributed by atoms with Gasteiger partial charge in [-0.05, 0) is 31.0 Å². The average molecular weight is 451 g/mol. The summed E-state index contributed by atoms with van der Waals surface area (Å²) in [5, 5.41) is 3.09. The van der Waals surface area contributed by atoms with Gasteiger partial charge < -0.3 is 5.32 Å². The lowest BCUT2D eigenvalue weighted by molar-refractivity contribution is -0.121. The summed E-state index contributed by atoms with van der Waals surface area (Å²) in [6.45, 7) is -0.303. The Balaban J connectivity index is 1.80. The molecule has 170 valence electrons. The molecule has 0 spiro atoms. The van der Waals surface area contributed by atoms with E-state index in [4.69, 9.17) is 0 Å². The van der Waals surface area contributed by atoms with Gasteiger partial charge >= 0.3 is 5.69 Å². The fourth-order valence-electron chi connectivity index (χ4n) is 4.08. The molecule has 1 amide bonds. The van der Waals surface area contributed by atoms with Crippen LogP contribution in [0.15, 0.2) is 32.7 Å². The average Bonchev–Trinajstić information content (AvgIpc) is 2.72. The monoisotopic (exact) mass is 450 g/mol. The molecule has 0 aliphatic heterocycles. The van der Waals surface area contributed by atoms with Crippen molar-refractivity contribution in [3.63, 3.8) is 0 Å². The molecule has 1 fully saturated rings. The number of amides is 1. The van der Waals surface area contributed by atoms with Crippen LogP contribution in [-0.4, -0.2) is 47.4 Å². The number of likely N-dealkylation sites (N-methyl/N-ethyl adjacent to an activating group) is 1. The molecule has 9 nitrogen and oxygen atoms in total. The number of rotatable bonds is 5. The van der Waals surface area contributed by atoms with Crippen LogP contribution in [0.4, 0.5) is 0 Å². The number of sulfonamides is 1. The Labute approximate surface area is 181 Å². The number of nitrogens with zero attached hydrogens (tertiary/aromatic N) is 3. The van der Waals surface area contributed by atoms with E-state index in [-0.39, 0.29) is 28.8 Å². The van der Waals surface area contributed by atoms with E-state index in [1.54, 1.807) is 0 Å². The van der Waals surface area contributed by atoms with Crippen LogP contribution in [0.2, 0.25) is 0 Å². The lowest BCUT2D eigenvalue weighted by Gasteiger charge is -2.23. The molecule has 0 saturated heterocycles. The van der Waals surface area contributed by atoms with Crippen LogP contribution in [0, 0.1) is 0 Å². The highest BCUT2D eigenvalue weighted by Crippen LogP contribution is 2.19. The molecule has 31 heavy (non-hydrogen) atoms. The minimum absolute atomic E-state index is 0.0777. The molecular weight excluding hydrogens is 420 g/mol. The normalized spacial score (nSPS) is 16.3. The molecule has 10 heteroatoms. The van der Waals surface area contributed by atoms with E-state index in [0.29, 0.717) is 5.52 Å². The van der Waals surface area contributed by atoms with E-state index in [2.05, 4.69) is 5.32 Å². The number of aryl methyl sites for hydroxylation is 1. The molecular formula is C21H30N4O5S. The Morgan fingerprint density at radius 2 is 1.68 bits per heavy atom. The summed E-state index contributed by atoms with van der Waals surface area (Å²) in [6.07, 6.45) is 7.50. The van der Waals surface area contributed by atoms with Crippen molar-refractivity contribution in [1.82, 2.24) is 18.8 Å². The molecule has 1 aromatic heterocycles. The summed E-state index contributed by atoms with van der Waals surface area (Å²) in [4.78, 5) is 36.9. The van der Waals surface area contributed by atoms with Gasteiger partial charge in [0.15, 0.2) is 0 Å². The number of aromatic nitrogens is 2. The Bertz CT molecular complexity index is 1190. The van der Waals surface area contributed by atoms with Crippen LogP contribution in [0.25, 0.3) is 10.9 Å². The van der Waals surface area contributed by atoms with Gasteiger partial charge in [-0.3, -0.25) is 18.7 Å². The molecule has 1 N–H and O–H groups in total. The van der Waals surface area contributed by atoms with Gasteiger partial charge in [-0.1, -0.05) is 32.1 Å². The Hall–Kier alpha value is -2.46. The number of hydrogen-bond acceptors (Lipinski definition) is 5. The van der Waals surface area contributed by atoms with Crippen LogP contribution >= 0.6 is 0 Å². The lowest BCUT2D eigenvalue weighted by Crippen LogP contribution is -2.43. The first-order valence-electron chi connectivity index (χ1n) is 10.6. The van der Waals surface area contributed by atoms with Gasteiger partial charge in [-0.2, -0.15) is 4.31 Å². The highest BCUT2D eigenvalue weighted by Gasteiger charge is 2.25. The zero-order valence-corrected chi connectivity index (χ0v) is 19.1. The minimum Gasteiger partial charge on any atom is -0.352 e. The summed E-state index contributed by atoms with van der Waals surface area (Å²) in [5.74, 6) is -0.337. The topological polar surface area (TPSA) is 110 Å². The predicted molar refractivity (Wildman–Crippen MR) is 118 cm³/mol. The molecule has 1 aromatic carbocycles. The number of carbonyl (C=O) groups excluding carboxylic acids is 1. The second-order valence-corrected chi connectivity index (χ2v) is 10.3. The highest BCUT2D eigenvalue weighted by molar-refractivity contribution is 7.89. The van der Waals surface area contributed by atoms with Crippen LogP contribution < -0.4 is 16.6 Å². The minimum atomic E-state index is -3.99. The maximum Gasteiger partial charge on any atom is 0.330 e. The predicted octanol–water partition coefficient (Wildman–Crippen LogP) is 1.09. The molecule has 2 aromatic rings. The van der Waals surface area contributed by atoms with E-state index in [0.717, 1.165) is 47.4 Å². The second kappa shape index (κ2) is 9.35. The zero-order chi connectivity index (χ0) is 22.8. The Kier molecular flexibility index (Phi) is 7.00. The van der Waals surface area contributed by atoms with E-state index in [1.807, 2.05) is 0 Å². The number of fused-ring (bicyclic) bond motifs is 1. The van der Waals surface area contributed by atoms with Crippen LogP contribution in [0.3, 0.4) is 0 Å². The highest BCUT2D eigenvalue weighted by atomic mass is 32.2. The van der Waals surface area contributed by atoms with E-state index < -0.39 is 21.3 Å². The van der Waals surface area contributed by atoms with Crippen molar-refractivity contribution in [2.24, 2.45) is 14.1 Å². The molecule has 0 radical (unpaired) electrons. The zero-order valence-electron chi connectivity index (χ0n) is 18.3. The Morgan fingerprint density at radius 3 is 2.32 bits per heavy atom. The third-order valence-electron chi connectivity index (χ3n) is 5.98. The molecule has 0 bridgehead atoms. The van der Waals surface area contributed by atoms with Gasteiger partial charge in [0.1, 0.15) is 0 Å². The molecule has 1 aliphatic carbocycles. The molecule has 3 rings (SSSR count). The molecule has 1 saturated carbocycles. The van der Waals surface area contributed by atoms with Crippen LogP contribution in [0.1, 0.15) is 44.9 Å².